The molecule has 28 heavy (non-hydrogen) atoms. The highest BCUT2D eigenvalue weighted by Gasteiger charge is 2.25. The summed E-state index contributed by atoms with van der Waals surface area (Å²) in [6.07, 6.45) is 1.96. The molecule has 3 rings (SSSR count). The van der Waals surface area contributed by atoms with Crippen LogP contribution in [0.5, 0.6) is 0 Å². The number of aromatic nitrogens is 4. The van der Waals surface area contributed by atoms with E-state index in [2.05, 4.69) is 9.97 Å². The number of carbonyl (C=O) groups is 1. The number of fused-ring (bicyclic) bond motifs is 1. The fourth-order valence-corrected chi connectivity index (χ4v) is 3.73. The van der Waals surface area contributed by atoms with Gasteiger partial charge in [0.25, 0.3) is 5.56 Å². The highest BCUT2D eigenvalue weighted by Crippen LogP contribution is 2.30. The van der Waals surface area contributed by atoms with Gasteiger partial charge in [-0.3, -0.25) is 18.7 Å². The van der Waals surface area contributed by atoms with Crippen LogP contribution in [0.1, 0.15) is 20.3 Å². The number of thioether (sulfide) groups is 1. The summed E-state index contributed by atoms with van der Waals surface area (Å²) < 4.78 is 12.8. The average Bonchev–Trinajstić information content (AvgIpc) is 3.23. The van der Waals surface area contributed by atoms with E-state index in [9.17, 15) is 14.4 Å². The highest BCUT2D eigenvalue weighted by molar-refractivity contribution is 8.00. The fraction of sp³-hybridized carbons (Fsp3) is 0.389. The summed E-state index contributed by atoms with van der Waals surface area (Å²) in [6, 6.07) is 3.36. The van der Waals surface area contributed by atoms with Gasteiger partial charge in [-0.2, -0.15) is 0 Å². The van der Waals surface area contributed by atoms with E-state index < -0.39 is 16.5 Å². The Bertz CT molecular complexity index is 1130. The van der Waals surface area contributed by atoms with Gasteiger partial charge in [0.1, 0.15) is 15.7 Å². The van der Waals surface area contributed by atoms with Crippen molar-refractivity contribution in [3.05, 3.63) is 39.2 Å². The van der Waals surface area contributed by atoms with Gasteiger partial charge >= 0.3 is 11.7 Å². The maximum absolute atomic E-state index is 12.8. The van der Waals surface area contributed by atoms with E-state index in [1.165, 1.54) is 24.9 Å². The van der Waals surface area contributed by atoms with Crippen LogP contribution in [-0.2, 0) is 23.6 Å². The number of rotatable bonds is 6. The molecule has 0 spiro atoms. The number of hydrogen-bond donors (Lipinski definition) is 0. The van der Waals surface area contributed by atoms with E-state index in [4.69, 9.17) is 9.15 Å². The molecule has 0 amide bonds. The van der Waals surface area contributed by atoms with Crippen molar-refractivity contribution in [3.8, 4) is 11.6 Å². The van der Waals surface area contributed by atoms with Gasteiger partial charge < -0.3 is 9.15 Å². The number of carbonyl (C=O) groups excluding carboxylic acids is 1. The molecular weight excluding hydrogens is 384 g/mol. The summed E-state index contributed by atoms with van der Waals surface area (Å²) in [6.45, 7) is 3.84. The molecule has 3 aromatic rings. The Morgan fingerprint density at radius 2 is 2.00 bits per heavy atom. The van der Waals surface area contributed by atoms with Gasteiger partial charge in [-0.05, 0) is 25.5 Å². The lowest BCUT2D eigenvalue weighted by Crippen LogP contribution is -2.38. The van der Waals surface area contributed by atoms with Crippen molar-refractivity contribution in [2.75, 3.05) is 6.61 Å². The second kappa shape index (κ2) is 8.01. The molecule has 0 aliphatic heterocycles. The summed E-state index contributed by atoms with van der Waals surface area (Å²) >= 11 is 1.12. The quantitative estimate of drug-likeness (QED) is 0.347. The molecule has 0 radical (unpaired) electrons. The van der Waals surface area contributed by atoms with E-state index in [1.54, 1.807) is 19.1 Å². The Morgan fingerprint density at radius 3 is 2.61 bits per heavy atom. The van der Waals surface area contributed by atoms with Gasteiger partial charge in [0, 0.05) is 14.1 Å². The number of nitrogens with zero attached hydrogens (tertiary/aromatic N) is 4. The Balaban J connectivity index is 2.28. The van der Waals surface area contributed by atoms with Crippen LogP contribution in [0.15, 0.2) is 37.4 Å². The van der Waals surface area contributed by atoms with Crippen LogP contribution in [0.3, 0.4) is 0 Å². The maximum atomic E-state index is 12.8. The molecule has 0 bridgehead atoms. The third-order valence-corrected chi connectivity index (χ3v) is 5.51. The number of aryl methyl sites for hydroxylation is 1. The van der Waals surface area contributed by atoms with Crippen LogP contribution in [0, 0.1) is 0 Å². The third-order valence-electron chi connectivity index (χ3n) is 4.18. The third kappa shape index (κ3) is 3.47. The molecule has 0 aliphatic carbocycles. The topological polar surface area (TPSA) is 109 Å². The van der Waals surface area contributed by atoms with Gasteiger partial charge in [-0.1, -0.05) is 18.7 Å². The molecule has 0 N–H and O–H groups in total. The predicted molar refractivity (Wildman–Crippen MR) is 104 cm³/mol. The number of esters is 1. The first kappa shape index (κ1) is 19.9. The van der Waals surface area contributed by atoms with Crippen molar-refractivity contribution < 1.29 is 13.9 Å². The molecule has 3 heterocycles. The molecule has 0 unspecified atom stereocenters. The second-order valence-electron chi connectivity index (χ2n) is 6.00. The van der Waals surface area contributed by atoms with Crippen molar-refractivity contribution in [3.63, 3.8) is 0 Å². The zero-order chi connectivity index (χ0) is 20.4. The maximum Gasteiger partial charge on any atom is 0.332 e. The minimum Gasteiger partial charge on any atom is -0.465 e. The smallest absolute Gasteiger partial charge is 0.332 e. The molecule has 0 saturated carbocycles. The van der Waals surface area contributed by atoms with Crippen LogP contribution in [0.25, 0.3) is 22.6 Å². The molecule has 0 aliphatic rings. The lowest BCUT2D eigenvalue weighted by atomic mass is 10.3. The van der Waals surface area contributed by atoms with Crippen molar-refractivity contribution in [1.29, 1.82) is 0 Å². The number of furan rings is 1. The largest absolute Gasteiger partial charge is 0.465 e. The van der Waals surface area contributed by atoms with E-state index in [-0.39, 0.29) is 29.4 Å². The number of ether oxygens (including phenoxy) is 1. The van der Waals surface area contributed by atoms with E-state index >= 15 is 0 Å². The van der Waals surface area contributed by atoms with Crippen LogP contribution in [-0.4, -0.2) is 36.9 Å². The van der Waals surface area contributed by atoms with Crippen LogP contribution in [0.2, 0.25) is 0 Å². The minimum atomic E-state index is -0.551. The van der Waals surface area contributed by atoms with Crippen LogP contribution in [0.4, 0.5) is 0 Å². The zero-order valence-corrected chi connectivity index (χ0v) is 16.8. The van der Waals surface area contributed by atoms with E-state index in [0.29, 0.717) is 17.2 Å². The summed E-state index contributed by atoms with van der Waals surface area (Å²) in [5, 5.41) is -0.0791. The van der Waals surface area contributed by atoms with Crippen LogP contribution >= 0.6 is 11.8 Å². The Kier molecular flexibility index (Phi) is 5.68. The Morgan fingerprint density at radius 1 is 1.25 bits per heavy atom. The van der Waals surface area contributed by atoms with Crippen molar-refractivity contribution in [2.24, 2.45) is 14.1 Å². The molecule has 0 aromatic carbocycles. The van der Waals surface area contributed by atoms with Gasteiger partial charge in [0.2, 0.25) is 0 Å². The number of hydrogen-bond acceptors (Lipinski definition) is 8. The average molecular weight is 404 g/mol. The lowest BCUT2D eigenvalue weighted by molar-refractivity contribution is -0.142. The summed E-state index contributed by atoms with van der Waals surface area (Å²) in [5.74, 6) is 0.228. The highest BCUT2D eigenvalue weighted by atomic mass is 32.2. The first-order valence-electron chi connectivity index (χ1n) is 8.73. The molecule has 10 heteroatoms. The normalized spacial score (nSPS) is 12.3. The molecule has 3 aromatic heterocycles. The van der Waals surface area contributed by atoms with Gasteiger partial charge in [-0.15, -0.1) is 0 Å². The molecule has 1 atom stereocenters. The molecule has 0 fully saturated rings. The van der Waals surface area contributed by atoms with E-state index in [0.717, 1.165) is 16.3 Å². The Hall–Kier alpha value is -2.88. The van der Waals surface area contributed by atoms with Crippen molar-refractivity contribution in [1.82, 2.24) is 19.1 Å². The van der Waals surface area contributed by atoms with Crippen molar-refractivity contribution >= 4 is 28.8 Å². The zero-order valence-electron chi connectivity index (χ0n) is 16.0. The van der Waals surface area contributed by atoms with E-state index in [1.807, 2.05) is 6.92 Å². The SMILES string of the molecule is CCOC(=O)[C@H](CC)Sc1nc(-c2ccco2)nc2c1c(=O)n(C)c(=O)n2C. The van der Waals surface area contributed by atoms with Gasteiger partial charge in [-0.25, -0.2) is 14.8 Å². The molecule has 0 saturated heterocycles. The van der Waals surface area contributed by atoms with Crippen molar-refractivity contribution in [2.45, 2.75) is 30.5 Å². The monoisotopic (exact) mass is 404 g/mol. The minimum absolute atomic E-state index is 0.174. The predicted octanol–water partition coefficient (Wildman–Crippen LogP) is 1.72. The fourth-order valence-electron chi connectivity index (χ4n) is 2.70. The Labute approximate surface area is 164 Å². The standard InChI is InChI=1S/C18H20N4O5S/c1-5-11(17(24)26-6-2)28-15-12-14(21(3)18(25)22(4)16(12)23)19-13(20-15)10-8-7-9-27-10/h7-9,11H,5-6H2,1-4H3/t11-/m0/s1. The first-order chi connectivity index (χ1) is 13.4. The molecule has 148 valence electrons. The second-order valence-corrected chi connectivity index (χ2v) is 7.19. The lowest BCUT2D eigenvalue weighted by Gasteiger charge is -2.15. The van der Waals surface area contributed by atoms with Gasteiger partial charge in [0.15, 0.2) is 17.2 Å². The summed E-state index contributed by atoms with van der Waals surface area (Å²) in [7, 11) is 2.92. The summed E-state index contributed by atoms with van der Waals surface area (Å²) in [5.41, 5.74) is -0.851. The van der Waals surface area contributed by atoms with Gasteiger partial charge in [0.05, 0.1) is 12.9 Å². The first-order valence-corrected chi connectivity index (χ1v) is 9.61. The molecular formula is C18H20N4O5S. The summed E-state index contributed by atoms with van der Waals surface area (Å²) in [4.78, 5) is 46.2. The molecule has 9 nitrogen and oxygen atoms in total. The van der Waals surface area contributed by atoms with Crippen LogP contribution < -0.4 is 11.2 Å².